The number of anilines is 1. The molecule has 3 aromatic rings. The first-order valence-electron chi connectivity index (χ1n) is 7.84. The number of aromatic nitrogens is 4. The Morgan fingerprint density at radius 3 is 2.91 bits per heavy atom. The molecule has 0 saturated heterocycles. The lowest BCUT2D eigenvalue weighted by Crippen LogP contribution is -2.15. The van der Waals surface area contributed by atoms with Gasteiger partial charge in [0, 0.05) is 17.8 Å². The predicted molar refractivity (Wildman–Crippen MR) is 87.7 cm³/mol. The molecule has 1 aliphatic carbocycles. The van der Waals surface area contributed by atoms with Crippen molar-refractivity contribution in [3.8, 4) is 11.3 Å². The molecule has 4 rings (SSSR count). The van der Waals surface area contributed by atoms with Gasteiger partial charge in [0.2, 0.25) is 0 Å². The molecule has 3 heterocycles. The van der Waals surface area contributed by atoms with E-state index in [0.717, 1.165) is 33.9 Å². The monoisotopic (exact) mass is 293 g/mol. The van der Waals surface area contributed by atoms with E-state index in [1.165, 1.54) is 25.7 Å². The highest BCUT2D eigenvalue weighted by atomic mass is 15.0. The molecule has 0 aromatic carbocycles. The van der Waals surface area contributed by atoms with Crippen molar-refractivity contribution in [3.05, 3.63) is 36.3 Å². The number of H-pyrrole nitrogens is 1. The lowest BCUT2D eigenvalue weighted by Gasteiger charge is -2.13. The zero-order chi connectivity index (χ0) is 14.9. The fourth-order valence-electron chi connectivity index (χ4n) is 3.12. The van der Waals surface area contributed by atoms with E-state index in [-0.39, 0.29) is 0 Å². The standard InChI is InChI=1S/C17H19N5/c1-11-9-18-17-16(20-11)13(10-19-17)14-7-4-8-15(22-14)21-12-5-2-3-6-12/h4,7-10,12H,2-3,5-6H2,1H3,(H,18,19)(H,21,22). The Labute approximate surface area is 129 Å². The van der Waals surface area contributed by atoms with Crippen LogP contribution < -0.4 is 5.32 Å². The minimum absolute atomic E-state index is 0.563. The van der Waals surface area contributed by atoms with Gasteiger partial charge in [0.05, 0.1) is 17.6 Å². The molecule has 1 aliphatic rings. The maximum absolute atomic E-state index is 4.76. The molecule has 0 atom stereocenters. The van der Waals surface area contributed by atoms with Gasteiger partial charge in [0.1, 0.15) is 11.3 Å². The molecule has 2 N–H and O–H groups in total. The zero-order valence-electron chi connectivity index (χ0n) is 12.6. The summed E-state index contributed by atoms with van der Waals surface area (Å²) >= 11 is 0. The summed E-state index contributed by atoms with van der Waals surface area (Å²) in [5, 5.41) is 3.55. The van der Waals surface area contributed by atoms with Crippen molar-refractivity contribution >= 4 is 17.0 Å². The zero-order valence-corrected chi connectivity index (χ0v) is 12.6. The van der Waals surface area contributed by atoms with E-state index in [0.29, 0.717) is 6.04 Å². The molecule has 5 heteroatoms. The number of nitrogens with zero attached hydrogens (tertiary/aromatic N) is 3. The number of hydrogen-bond acceptors (Lipinski definition) is 4. The average molecular weight is 293 g/mol. The van der Waals surface area contributed by atoms with Crippen LogP contribution in [0.4, 0.5) is 5.82 Å². The Morgan fingerprint density at radius 1 is 1.18 bits per heavy atom. The topological polar surface area (TPSA) is 66.5 Å². The van der Waals surface area contributed by atoms with Gasteiger partial charge in [-0.2, -0.15) is 0 Å². The molecule has 0 radical (unpaired) electrons. The van der Waals surface area contributed by atoms with Crippen LogP contribution in [0.3, 0.4) is 0 Å². The molecule has 22 heavy (non-hydrogen) atoms. The van der Waals surface area contributed by atoms with Crippen molar-refractivity contribution in [2.24, 2.45) is 0 Å². The minimum Gasteiger partial charge on any atom is -0.367 e. The third kappa shape index (κ3) is 2.43. The molecular formula is C17H19N5. The van der Waals surface area contributed by atoms with Gasteiger partial charge in [-0.1, -0.05) is 18.9 Å². The number of rotatable bonds is 3. The Morgan fingerprint density at radius 2 is 2.05 bits per heavy atom. The first-order chi connectivity index (χ1) is 10.8. The predicted octanol–water partition coefficient (Wildman–Crippen LogP) is 3.68. The number of hydrogen-bond donors (Lipinski definition) is 2. The highest BCUT2D eigenvalue weighted by Crippen LogP contribution is 2.27. The van der Waals surface area contributed by atoms with E-state index in [4.69, 9.17) is 4.98 Å². The summed E-state index contributed by atoms with van der Waals surface area (Å²) in [7, 11) is 0. The summed E-state index contributed by atoms with van der Waals surface area (Å²) in [6.45, 7) is 1.95. The summed E-state index contributed by atoms with van der Waals surface area (Å²) in [5.41, 5.74) is 4.52. The molecule has 3 aromatic heterocycles. The van der Waals surface area contributed by atoms with Gasteiger partial charge >= 0.3 is 0 Å². The van der Waals surface area contributed by atoms with Gasteiger partial charge in [-0.25, -0.2) is 15.0 Å². The van der Waals surface area contributed by atoms with E-state index < -0.39 is 0 Å². The molecule has 0 aliphatic heterocycles. The minimum atomic E-state index is 0.563. The van der Waals surface area contributed by atoms with E-state index in [1.807, 2.05) is 31.3 Å². The van der Waals surface area contributed by atoms with Gasteiger partial charge < -0.3 is 10.3 Å². The van der Waals surface area contributed by atoms with Crippen molar-refractivity contribution in [2.75, 3.05) is 5.32 Å². The van der Waals surface area contributed by atoms with Crippen LogP contribution >= 0.6 is 0 Å². The molecule has 1 saturated carbocycles. The van der Waals surface area contributed by atoms with E-state index >= 15 is 0 Å². The van der Waals surface area contributed by atoms with Crippen LogP contribution in [-0.2, 0) is 0 Å². The van der Waals surface area contributed by atoms with Crippen LogP contribution in [0.25, 0.3) is 22.4 Å². The molecule has 5 nitrogen and oxygen atoms in total. The van der Waals surface area contributed by atoms with Crippen LogP contribution in [0.2, 0.25) is 0 Å². The Bertz CT molecular complexity index is 802. The van der Waals surface area contributed by atoms with Crippen LogP contribution in [0.5, 0.6) is 0 Å². The maximum Gasteiger partial charge on any atom is 0.156 e. The highest BCUT2D eigenvalue weighted by Gasteiger charge is 2.16. The summed E-state index contributed by atoms with van der Waals surface area (Å²) in [5.74, 6) is 0.944. The third-order valence-electron chi connectivity index (χ3n) is 4.23. The van der Waals surface area contributed by atoms with Crippen molar-refractivity contribution in [1.82, 2.24) is 19.9 Å². The summed E-state index contributed by atoms with van der Waals surface area (Å²) in [4.78, 5) is 16.9. The molecule has 1 fully saturated rings. The average Bonchev–Trinajstić information content (AvgIpc) is 3.16. The lowest BCUT2D eigenvalue weighted by molar-refractivity contribution is 0.751. The van der Waals surface area contributed by atoms with Crippen LogP contribution in [0, 0.1) is 6.92 Å². The first-order valence-corrected chi connectivity index (χ1v) is 7.84. The lowest BCUT2D eigenvalue weighted by atomic mass is 10.2. The van der Waals surface area contributed by atoms with Gasteiger partial charge in [0.25, 0.3) is 0 Å². The summed E-state index contributed by atoms with van der Waals surface area (Å²) in [6, 6.07) is 6.66. The van der Waals surface area contributed by atoms with Crippen molar-refractivity contribution < 1.29 is 0 Å². The number of pyridine rings is 1. The molecule has 0 unspecified atom stereocenters. The maximum atomic E-state index is 4.76. The van der Waals surface area contributed by atoms with Gasteiger partial charge in [0.15, 0.2) is 5.65 Å². The van der Waals surface area contributed by atoms with Crippen molar-refractivity contribution in [3.63, 3.8) is 0 Å². The molecular weight excluding hydrogens is 274 g/mol. The van der Waals surface area contributed by atoms with Gasteiger partial charge in [-0.15, -0.1) is 0 Å². The molecule has 0 bridgehead atoms. The number of fused-ring (bicyclic) bond motifs is 1. The van der Waals surface area contributed by atoms with Gasteiger partial charge in [-0.05, 0) is 31.9 Å². The highest BCUT2D eigenvalue weighted by molar-refractivity contribution is 5.89. The van der Waals surface area contributed by atoms with Gasteiger partial charge in [-0.3, -0.25) is 0 Å². The second-order valence-corrected chi connectivity index (χ2v) is 5.94. The molecule has 112 valence electrons. The van der Waals surface area contributed by atoms with E-state index in [9.17, 15) is 0 Å². The number of nitrogens with one attached hydrogen (secondary N) is 2. The van der Waals surface area contributed by atoms with Crippen LogP contribution in [-0.4, -0.2) is 26.0 Å². The third-order valence-corrected chi connectivity index (χ3v) is 4.23. The Kier molecular flexibility index (Phi) is 3.25. The molecule has 0 spiro atoms. The fourth-order valence-corrected chi connectivity index (χ4v) is 3.12. The quantitative estimate of drug-likeness (QED) is 0.773. The molecule has 0 amide bonds. The van der Waals surface area contributed by atoms with Crippen molar-refractivity contribution in [2.45, 2.75) is 38.6 Å². The smallest absolute Gasteiger partial charge is 0.156 e. The van der Waals surface area contributed by atoms with Crippen molar-refractivity contribution in [1.29, 1.82) is 0 Å². The SMILES string of the molecule is Cc1cnc2[nH]cc(-c3cccc(NC4CCCC4)n3)c2n1. The second-order valence-electron chi connectivity index (χ2n) is 5.94. The van der Waals surface area contributed by atoms with Crippen LogP contribution in [0.15, 0.2) is 30.6 Å². The largest absolute Gasteiger partial charge is 0.367 e. The number of aromatic amines is 1. The fraction of sp³-hybridized carbons (Fsp3) is 0.353. The number of aryl methyl sites for hydroxylation is 1. The first kappa shape index (κ1) is 13.2. The van der Waals surface area contributed by atoms with E-state index in [1.54, 1.807) is 6.20 Å². The van der Waals surface area contributed by atoms with Crippen LogP contribution in [0.1, 0.15) is 31.4 Å². The van der Waals surface area contributed by atoms with E-state index in [2.05, 4.69) is 20.3 Å². The summed E-state index contributed by atoms with van der Waals surface area (Å²) < 4.78 is 0. The normalized spacial score (nSPS) is 15.5. The Hall–Kier alpha value is -2.43. The second kappa shape index (κ2) is 5.40. The summed E-state index contributed by atoms with van der Waals surface area (Å²) in [6.07, 6.45) is 8.82. The Balaban J connectivity index is 1.70.